The largest absolute Gasteiger partial charge is 0.380 e. The van der Waals surface area contributed by atoms with E-state index in [1.165, 1.54) is 19.3 Å². The Balaban J connectivity index is 3.52. The summed E-state index contributed by atoms with van der Waals surface area (Å²) in [6.45, 7) is 11.7. The molecule has 1 N–H and O–H groups in total. The highest BCUT2D eigenvalue weighted by atomic mass is 16.5. The van der Waals surface area contributed by atoms with Gasteiger partial charge >= 0.3 is 0 Å². The van der Waals surface area contributed by atoms with Crippen molar-refractivity contribution < 1.29 is 4.74 Å². The van der Waals surface area contributed by atoms with E-state index in [1.54, 1.807) is 0 Å². The maximum absolute atomic E-state index is 5.63. The number of hydrogen-bond acceptors (Lipinski definition) is 2. The predicted octanol–water partition coefficient (Wildman–Crippen LogP) is 2.83. The van der Waals surface area contributed by atoms with E-state index in [0.29, 0.717) is 12.0 Å². The molecule has 0 spiro atoms. The number of hydrogen-bond donors (Lipinski definition) is 1. The Morgan fingerprint density at radius 2 is 1.86 bits per heavy atom. The Bertz CT molecular complexity index is 115. The average Bonchev–Trinajstić information content (AvgIpc) is 2.16. The Morgan fingerprint density at radius 3 is 2.36 bits per heavy atom. The second-order valence-corrected chi connectivity index (χ2v) is 4.23. The molecule has 0 aromatic rings. The molecule has 0 heterocycles. The highest BCUT2D eigenvalue weighted by Crippen LogP contribution is 2.02. The molecule has 2 nitrogen and oxygen atoms in total. The van der Waals surface area contributed by atoms with Crippen LogP contribution in [0.5, 0.6) is 0 Å². The third kappa shape index (κ3) is 7.34. The van der Waals surface area contributed by atoms with Crippen LogP contribution in [0.2, 0.25) is 0 Å². The van der Waals surface area contributed by atoms with Crippen LogP contribution in [0.25, 0.3) is 0 Å². The van der Waals surface area contributed by atoms with Crippen LogP contribution in [0.15, 0.2) is 0 Å². The molecule has 2 heteroatoms. The quantitative estimate of drug-likeness (QED) is 0.579. The SMILES string of the molecule is CCCCOCC(NCCC)C(C)C. The van der Waals surface area contributed by atoms with E-state index in [0.717, 1.165) is 19.8 Å². The lowest BCUT2D eigenvalue weighted by atomic mass is 10.1. The van der Waals surface area contributed by atoms with Gasteiger partial charge in [0.25, 0.3) is 0 Å². The standard InChI is InChI=1S/C12H27NO/c1-5-7-9-14-10-12(11(3)4)13-8-6-2/h11-13H,5-10H2,1-4H3. The second-order valence-electron chi connectivity index (χ2n) is 4.23. The summed E-state index contributed by atoms with van der Waals surface area (Å²) < 4.78 is 5.63. The molecule has 0 amide bonds. The molecule has 0 aliphatic heterocycles. The fraction of sp³-hybridized carbons (Fsp3) is 1.00. The number of unbranched alkanes of at least 4 members (excludes halogenated alkanes) is 1. The highest BCUT2D eigenvalue weighted by Gasteiger charge is 2.11. The summed E-state index contributed by atoms with van der Waals surface area (Å²) in [4.78, 5) is 0. The van der Waals surface area contributed by atoms with Crippen molar-refractivity contribution in [3.63, 3.8) is 0 Å². The molecular formula is C12H27NO. The van der Waals surface area contributed by atoms with Crippen molar-refractivity contribution in [1.29, 1.82) is 0 Å². The summed E-state index contributed by atoms with van der Waals surface area (Å²) in [5, 5.41) is 3.52. The van der Waals surface area contributed by atoms with E-state index in [9.17, 15) is 0 Å². The molecule has 0 aromatic carbocycles. The first kappa shape index (κ1) is 13.9. The zero-order chi connectivity index (χ0) is 10.8. The van der Waals surface area contributed by atoms with Gasteiger partial charge in [0.2, 0.25) is 0 Å². The maximum Gasteiger partial charge on any atom is 0.0622 e. The van der Waals surface area contributed by atoms with Crippen molar-refractivity contribution >= 4 is 0 Å². The average molecular weight is 201 g/mol. The number of rotatable bonds is 9. The Hall–Kier alpha value is -0.0800. The fourth-order valence-electron chi connectivity index (χ4n) is 1.27. The first-order chi connectivity index (χ1) is 6.72. The lowest BCUT2D eigenvalue weighted by molar-refractivity contribution is 0.0959. The molecule has 0 radical (unpaired) electrons. The van der Waals surface area contributed by atoms with Gasteiger partial charge in [0.05, 0.1) is 6.61 Å². The summed E-state index contributed by atoms with van der Waals surface area (Å²) in [5.74, 6) is 0.656. The van der Waals surface area contributed by atoms with Crippen molar-refractivity contribution in [3.8, 4) is 0 Å². The minimum atomic E-state index is 0.520. The lowest BCUT2D eigenvalue weighted by Gasteiger charge is -2.22. The Labute approximate surface area is 89.4 Å². The normalized spacial score (nSPS) is 13.5. The van der Waals surface area contributed by atoms with E-state index in [4.69, 9.17) is 4.74 Å². The molecular weight excluding hydrogens is 174 g/mol. The van der Waals surface area contributed by atoms with Crippen LogP contribution in [0, 0.1) is 5.92 Å². The summed E-state index contributed by atoms with van der Waals surface area (Å²) >= 11 is 0. The Kier molecular flexibility index (Phi) is 9.42. The van der Waals surface area contributed by atoms with Gasteiger partial charge < -0.3 is 10.1 Å². The van der Waals surface area contributed by atoms with Crippen LogP contribution in [-0.2, 0) is 4.74 Å². The molecule has 14 heavy (non-hydrogen) atoms. The molecule has 0 saturated carbocycles. The third-order valence-corrected chi connectivity index (χ3v) is 2.40. The second kappa shape index (κ2) is 9.47. The van der Waals surface area contributed by atoms with Crippen LogP contribution in [0.1, 0.15) is 47.0 Å². The minimum Gasteiger partial charge on any atom is -0.380 e. The van der Waals surface area contributed by atoms with Crippen molar-refractivity contribution in [3.05, 3.63) is 0 Å². The predicted molar refractivity (Wildman–Crippen MR) is 62.6 cm³/mol. The van der Waals surface area contributed by atoms with Crippen LogP contribution in [0.4, 0.5) is 0 Å². The fourth-order valence-corrected chi connectivity index (χ4v) is 1.27. The van der Waals surface area contributed by atoms with Gasteiger partial charge in [-0.1, -0.05) is 34.1 Å². The smallest absolute Gasteiger partial charge is 0.0622 e. The minimum absolute atomic E-state index is 0.520. The van der Waals surface area contributed by atoms with Gasteiger partial charge in [-0.05, 0) is 25.3 Å². The van der Waals surface area contributed by atoms with E-state index >= 15 is 0 Å². The molecule has 0 saturated heterocycles. The molecule has 0 rings (SSSR count). The molecule has 1 unspecified atom stereocenters. The van der Waals surface area contributed by atoms with E-state index < -0.39 is 0 Å². The summed E-state index contributed by atoms with van der Waals surface area (Å²) in [5.41, 5.74) is 0. The molecule has 86 valence electrons. The van der Waals surface area contributed by atoms with Crippen LogP contribution in [-0.4, -0.2) is 25.8 Å². The maximum atomic E-state index is 5.63. The van der Waals surface area contributed by atoms with Crippen LogP contribution in [0.3, 0.4) is 0 Å². The topological polar surface area (TPSA) is 21.3 Å². The summed E-state index contributed by atoms with van der Waals surface area (Å²) in [6.07, 6.45) is 3.59. The number of nitrogens with one attached hydrogen (secondary N) is 1. The summed E-state index contributed by atoms with van der Waals surface area (Å²) in [6, 6.07) is 0.520. The third-order valence-electron chi connectivity index (χ3n) is 2.40. The Morgan fingerprint density at radius 1 is 1.14 bits per heavy atom. The lowest BCUT2D eigenvalue weighted by Crippen LogP contribution is -2.38. The van der Waals surface area contributed by atoms with Crippen LogP contribution >= 0.6 is 0 Å². The van der Waals surface area contributed by atoms with E-state index in [-0.39, 0.29) is 0 Å². The van der Waals surface area contributed by atoms with Crippen molar-refractivity contribution in [1.82, 2.24) is 5.32 Å². The van der Waals surface area contributed by atoms with Crippen molar-refractivity contribution in [2.45, 2.75) is 53.0 Å². The molecule has 0 aliphatic rings. The first-order valence-corrected chi connectivity index (χ1v) is 6.03. The highest BCUT2D eigenvalue weighted by molar-refractivity contribution is 4.69. The molecule has 0 bridgehead atoms. The molecule has 0 fully saturated rings. The van der Waals surface area contributed by atoms with Gasteiger partial charge in [0, 0.05) is 12.6 Å². The monoisotopic (exact) mass is 201 g/mol. The first-order valence-electron chi connectivity index (χ1n) is 6.03. The van der Waals surface area contributed by atoms with Crippen LogP contribution < -0.4 is 5.32 Å². The molecule has 1 atom stereocenters. The van der Waals surface area contributed by atoms with Crippen molar-refractivity contribution in [2.24, 2.45) is 5.92 Å². The van der Waals surface area contributed by atoms with E-state index in [2.05, 4.69) is 33.0 Å². The van der Waals surface area contributed by atoms with Gasteiger partial charge in [-0.2, -0.15) is 0 Å². The van der Waals surface area contributed by atoms with Gasteiger partial charge in [-0.15, -0.1) is 0 Å². The zero-order valence-electron chi connectivity index (χ0n) is 10.3. The molecule has 0 aromatic heterocycles. The summed E-state index contributed by atoms with van der Waals surface area (Å²) in [7, 11) is 0. The van der Waals surface area contributed by atoms with Gasteiger partial charge in [-0.25, -0.2) is 0 Å². The van der Waals surface area contributed by atoms with Crippen molar-refractivity contribution in [2.75, 3.05) is 19.8 Å². The van der Waals surface area contributed by atoms with Gasteiger partial charge in [0.1, 0.15) is 0 Å². The van der Waals surface area contributed by atoms with Gasteiger partial charge in [0.15, 0.2) is 0 Å². The molecule has 0 aliphatic carbocycles. The number of ether oxygens (including phenoxy) is 1. The zero-order valence-corrected chi connectivity index (χ0v) is 10.3. The van der Waals surface area contributed by atoms with Gasteiger partial charge in [-0.3, -0.25) is 0 Å². The van der Waals surface area contributed by atoms with E-state index in [1.807, 2.05) is 0 Å².